The summed E-state index contributed by atoms with van der Waals surface area (Å²) < 4.78 is 4.94. The third kappa shape index (κ3) is 5.82. The van der Waals surface area contributed by atoms with Gasteiger partial charge in [-0.15, -0.1) is 0 Å². The van der Waals surface area contributed by atoms with Crippen LogP contribution in [0.4, 0.5) is 5.69 Å². The number of amides is 2. The molecular formula is C25H22ClN5O4. The molecule has 0 spiro atoms. The number of aromatic amines is 1. The van der Waals surface area contributed by atoms with Crippen molar-refractivity contribution >= 4 is 40.1 Å². The van der Waals surface area contributed by atoms with Crippen molar-refractivity contribution in [2.75, 3.05) is 19.0 Å². The lowest BCUT2D eigenvalue weighted by Gasteiger charge is -2.10. The molecular weight excluding hydrogens is 470 g/mol. The summed E-state index contributed by atoms with van der Waals surface area (Å²) in [5.74, 6) is -0.980. The van der Waals surface area contributed by atoms with Crippen LogP contribution in [0.15, 0.2) is 65.6 Å². The summed E-state index contributed by atoms with van der Waals surface area (Å²) in [7, 11) is 1.41. The van der Waals surface area contributed by atoms with Crippen molar-refractivity contribution in [2.45, 2.75) is 12.8 Å². The number of halogens is 1. The molecule has 0 unspecified atom stereocenters. The van der Waals surface area contributed by atoms with Crippen molar-refractivity contribution in [1.29, 1.82) is 0 Å². The van der Waals surface area contributed by atoms with E-state index in [0.29, 0.717) is 17.5 Å². The molecule has 2 heterocycles. The Hall–Kier alpha value is -4.24. The smallest absolute Gasteiger partial charge is 0.318 e. The van der Waals surface area contributed by atoms with Crippen molar-refractivity contribution in [3.05, 3.63) is 92.9 Å². The highest BCUT2D eigenvalue weighted by molar-refractivity contribution is 6.34. The third-order valence-electron chi connectivity index (χ3n) is 5.25. The first-order valence-electron chi connectivity index (χ1n) is 10.8. The number of aromatic nitrogens is 3. The van der Waals surface area contributed by atoms with E-state index in [9.17, 15) is 14.4 Å². The lowest BCUT2D eigenvalue weighted by atomic mass is 10.1. The van der Waals surface area contributed by atoms with Gasteiger partial charge in [0, 0.05) is 23.7 Å². The van der Waals surface area contributed by atoms with Crippen molar-refractivity contribution < 1.29 is 14.3 Å². The quantitative estimate of drug-likeness (QED) is 0.323. The normalized spacial score (nSPS) is 10.7. The average molecular weight is 492 g/mol. The molecule has 4 rings (SSSR count). The molecule has 2 amide bonds. The van der Waals surface area contributed by atoms with Gasteiger partial charge in [-0.2, -0.15) is 4.98 Å². The van der Waals surface area contributed by atoms with Crippen LogP contribution in [0, 0.1) is 0 Å². The first kappa shape index (κ1) is 23.9. The fourth-order valence-electron chi connectivity index (χ4n) is 3.44. The van der Waals surface area contributed by atoms with Gasteiger partial charge in [0.25, 0.3) is 17.4 Å². The molecule has 0 atom stereocenters. The van der Waals surface area contributed by atoms with E-state index in [2.05, 4.69) is 25.6 Å². The van der Waals surface area contributed by atoms with Crippen LogP contribution in [0.1, 0.15) is 32.7 Å². The number of anilines is 1. The number of aryl methyl sites for hydroxylation is 1. The Balaban J connectivity index is 1.44. The van der Waals surface area contributed by atoms with Crippen molar-refractivity contribution in [3.8, 4) is 6.01 Å². The maximum absolute atomic E-state index is 12.8. The average Bonchev–Trinajstić information content (AvgIpc) is 2.87. The van der Waals surface area contributed by atoms with Gasteiger partial charge in [0.1, 0.15) is 11.2 Å². The summed E-state index contributed by atoms with van der Waals surface area (Å²) in [6.07, 6.45) is 3.07. The summed E-state index contributed by atoms with van der Waals surface area (Å²) in [6.45, 7) is 0.497. The van der Waals surface area contributed by atoms with Crippen LogP contribution < -0.4 is 20.9 Å². The van der Waals surface area contributed by atoms with Crippen molar-refractivity contribution in [2.24, 2.45) is 0 Å². The number of benzene rings is 2. The standard InChI is InChI=1S/C25H22ClN5O4/c1-35-25-28-14-17-12-18(24(34)30-21(17)31-25)23(33)29-20-13-16(9-10-19(20)26)22(32)27-11-5-8-15-6-3-2-4-7-15/h2-4,6-7,9-10,12-14H,5,8,11H2,1H3,(H,27,32)(H,29,33)(H,28,30,31,34). The highest BCUT2D eigenvalue weighted by Gasteiger charge is 2.16. The topological polar surface area (TPSA) is 126 Å². The SMILES string of the molecule is COc1ncc2cc(C(=O)Nc3cc(C(=O)NCCCc4ccccc4)ccc3Cl)c(=O)[nH]c2n1. The zero-order valence-electron chi connectivity index (χ0n) is 18.8. The molecule has 9 nitrogen and oxygen atoms in total. The van der Waals surface area contributed by atoms with Crippen molar-refractivity contribution in [1.82, 2.24) is 20.3 Å². The number of pyridine rings is 1. The number of ether oxygens (including phenoxy) is 1. The zero-order chi connectivity index (χ0) is 24.8. The number of nitrogens with zero attached hydrogens (tertiary/aromatic N) is 2. The van der Waals surface area contributed by atoms with E-state index >= 15 is 0 Å². The lowest BCUT2D eigenvalue weighted by molar-refractivity contribution is 0.0951. The Morgan fingerprint density at radius 2 is 1.89 bits per heavy atom. The number of carbonyl (C=O) groups is 2. The van der Waals surface area contributed by atoms with Crippen LogP contribution in [0.2, 0.25) is 5.02 Å². The van der Waals surface area contributed by atoms with Crippen molar-refractivity contribution in [3.63, 3.8) is 0 Å². The number of methoxy groups -OCH3 is 1. The molecule has 0 saturated heterocycles. The second kappa shape index (κ2) is 10.8. The number of hydrogen-bond donors (Lipinski definition) is 3. The minimum atomic E-state index is -0.689. The van der Waals surface area contributed by atoms with Gasteiger partial charge >= 0.3 is 6.01 Å². The molecule has 0 aliphatic carbocycles. The highest BCUT2D eigenvalue weighted by atomic mass is 35.5. The van der Waals surface area contributed by atoms with E-state index in [0.717, 1.165) is 12.8 Å². The van der Waals surface area contributed by atoms with Gasteiger partial charge in [-0.3, -0.25) is 14.4 Å². The summed E-state index contributed by atoms with van der Waals surface area (Å²) in [6, 6.07) is 16.0. The Kier molecular flexibility index (Phi) is 7.37. The predicted molar refractivity (Wildman–Crippen MR) is 133 cm³/mol. The van der Waals surface area contributed by atoms with E-state index in [4.69, 9.17) is 16.3 Å². The largest absolute Gasteiger partial charge is 0.467 e. The fraction of sp³-hybridized carbons (Fsp3) is 0.160. The molecule has 2 aromatic carbocycles. The zero-order valence-corrected chi connectivity index (χ0v) is 19.6. The summed E-state index contributed by atoms with van der Waals surface area (Å²) >= 11 is 6.23. The molecule has 4 aromatic rings. The van der Waals surface area contributed by atoms with E-state index in [-0.39, 0.29) is 33.8 Å². The predicted octanol–water partition coefficient (Wildman–Crippen LogP) is 3.60. The van der Waals surface area contributed by atoms with Gasteiger partial charge in [-0.25, -0.2) is 4.98 Å². The van der Waals surface area contributed by atoms with Gasteiger partial charge < -0.3 is 20.4 Å². The maximum Gasteiger partial charge on any atom is 0.318 e. The van der Waals surface area contributed by atoms with Crippen LogP contribution in [0.5, 0.6) is 6.01 Å². The molecule has 0 saturated carbocycles. The Morgan fingerprint density at radius 1 is 1.09 bits per heavy atom. The minimum absolute atomic E-state index is 0.0901. The number of hydrogen-bond acceptors (Lipinski definition) is 6. The van der Waals surface area contributed by atoms with E-state index in [1.54, 1.807) is 6.07 Å². The number of carbonyl (C=O) groups excluding carboxylic acids is 2. The number of fused-ring (bicyclic) bond motifs is 1. The Morgan fingerprint density at radius 3 is 2.66 bits per heavy atom. The number of nitrogens with one attached hydrogen (secondary N) is 3. The van der Waals surface area contributed by atoms with Crippen LogP contribution in [-0.2, 0) is 6.42 Å². The fourth-order valence-corrected chi connectivity index (χ4v) is 3.60. The van der Waals surface area contributed by atoms with Crippen LogP contribution in [0.3, 0.4) is 0 Å². The van der Waals surface area contributed by atoms with E-state index in [1.807, 2.05) is 30.3 Å². The number of rotatable bonds is 8. The second-order valence-electron chi connectivity index (χ2n) is 7.67. The summed E-state index contributed by atoms with van der Waals surface area (Å²) in [5, 5.41) is 6.14. The van der Waals surface area contributed by atoms with E-state index < -0.39 is 11.5 Å². The molecule has 3 N–H and O–H groups in total. The van der Waals surface area contributed by atoms with Gasteiger partial charge in [0.15, 0.2) is 0 Å². The maximum atomic E-state index is 12.8. The monoisotopic (exact) mass is 491 g/mol. The molecule has 0 bridgehead atoms. The molecule has 35 heavy (non-hydrogen) atoms. The van der Waals surface area contributed by atoms with Gasteiger partial charge in [0.05, 0.1) is 17.8 Å². The molecule has 0 fully saturated rings. The first-order valence-corrected chi connectivity index (χ1v) is 11.2. The minimum Gasteiger partial charge on any atom is -0.467 e. The van der Waals surface area contributed by atoms with Crippen LogP contribution in [-0.4, -0.2) is 40.4 Å². The highest BCUT2D eigenvalue weighted by Crippen LogP contribution is 2.24. The second-order valence-corrected chi connectivity index (χ2v) is 8.07. The summed E-state index contributed by atoms with van der Waals surface area (Å²) in [5.41, 5.74) is 1.18. The number of H-pyrrole nitrogens is 1. The third-order valence-corrected chi connectivity index (χ3v) is 5.58. The van der Waals surface area contributed by atoms with Gasteiger partial charge in [-0.05, 0) is 42.7 Å². The van der Waals surface area contributed by atoms with Gasteiger partial charge in [0.2, 0.25) is 0 Å². The van der Waals surface area contributed by atoms with E-state index in [1.165, 1.54) is 37.1 Å². The Bertz CT molecular complexity index is 1440. The van der Waals surface area contributed by atoms with Gasteiger partial charge in [-0.1, -0.05) is 41.9 Å². The lowest BCUT2D eigenvalue weighted by Crippen LogP contribution is -2.25. The molecule has 10 heteroatoms. The molecule has 0 aliphatic rings. The molecule has 0 radical (unpaired) electrons. The first-order chi connectivity index (χ1) is 16.9. The van der Waals surface area contributed by atoms with Crippen LogP contribution in [0.25, 0.3) is 11.0 Å². The summed E-state index contributed by atoms with van der Waals surface area (Å²) in [4.78, 5) is 48.4. The Labute approximate surface area is 205 Å². The molecule has 2 aromatic heterocycles. The molecule has 0 aliphatic heterocycles. The molecule has 178 valence electrons. The van der Waals surface area contributed by atoms with Crippen LogP contribution >= 0.6 is 11.6 Å².